The standard InChI is InChI=1S/C13H12BrN3O2/c1-7-3-2-4-9(11(7)14)16-12-8(15)5-6-10(17-12)13(18)19/h2-6H,15H2,1H3,(H,16,17)(H,18,19). The molecule has 1 aromatic carbocycles. The number of carboxylic acid groups (broad SMARTS) is 1. The highest BCUT2D eigenvalue weighted by molar-refractivity contribution is 9.10. The van der Waals surface area contributed by atoms with E-state index in [1.54, 1.807) is 0 Å². The van der Waals surface area contributed by atoms with Gasteiger partial charge in [-0.15, -0.1) is 0 Å². The van der Waals surface area contributed by atoms with Gasteiger partial charge in [0.1, 0.15) is 0 Å². The Morgan fingerprint density at radius 3 is 2.79 bits per heavy atom. The summed E-state index contributed by atoms with van der Waals surface area (Å²) < 4.78 is 0.886. The molecule has 0 amide bonds. The quantitative estimate of drug-likeness (QED) is 0.808. The third kappa shape index (κ3) is 2.85. The fraction of sp³-hybridized carbons (Fsp3) is 0.0769. The van der Waals surface area contributed by atoms with Crippen LogP contribution in [0.15, 0.2) is 34.8 Å². The maximum atomic E-state index is 10.9. The van der Waals surface area contributed by atoms with Crippen molar-refractivity contribution in [3.63, 3.8) is 0 Å². The van der Waals surface area contributed by atoms with Crippen LogP contribution in [0.2, 0.25) is 0 Å². The van der Waals surface area contributed by atoms with Crippen LogP contribution < -0.4 is 11.1 Å². The Bertz CT molecular complexity index is 644. The van der Waals surface area contributed by atoms with Crippen molar-refractivity contribution < 1.29 is 9.90 Å². The van der Waals surface area contributed by atoms with Crippen LogP contribution in [0.25, 0.3) is 0 Å². The Kier molecular flexibility index (Phi) is 3.71. The van der Waals surface area contributed by atoms with Crippen molar-refractivity contribution in [3.05, 3.63) is 46.1 Å². The summed E-state index contributed by atoms with van der Waals surface area (Å²) in [7, 11) is 0. The number of hydrogen-bond donors (Lipinski definition) is 3. The zero-order chi connectivity index (χ0) is 14.0. The highest BCUT2D eigenvalue weighted by Crippen LogP contribution is 2.29. The zero-order valence-corrected chi connectivity index (χ0v) is 11.7. The molecule has 5 nitrogen and oxygen atoms in total. The number of aromatic nitrogens is 1. The predicted octanol–water partition coefficient (Wildman–Crippen LogP) is 3.18. The van der Waals surface area contributed by atoms with E-state index < -0.39 is 5.97 Å². The number of halogens is 1. The van der Waals surface area contributed by atoms with Crippen molar-refractivity contribution in [2.45, 2.75) is 6.92 Å². The Balaban J connectivity index is 2.40. The van der Waals surface area contributed by atoms with Crippen LogP contribution in [0.1, 0.15) is 16.1 Å². The number of nitrogens with one attached hydrogen (secondary N) is 1. The second-order valence-electron chi connectivity index (χ2n) is 4.00. The van der Waals surface area contributed by atoms with Crippen molar-refractivity contribution in [3.8, 4) is 0 Å². The van der Waals surface area contributed by atoms with E-state index in [0.717, 1.165) is 15.7 Å². The molecule has 0 saturated heterocycles. The van der Waals surface area contributed by atoms with Gasteiger partial charge in [-0.25, -0.2) is 9.78 Å². The molecule has 0 aliphatic heterocycles. The average Bonchev–Trinajstić information content (AvgIpc) is 2.37. The van der Waals surface area contributed by atoms with E-state index in [-0.39, 0.29) is 5.69 Å². The van der Waals surface area contributed by atoms with Crippen molar-refractivity contribution >= 4 is 39.1 Å². The van der Waals surface area contributed by atoms with Gasteiger partial charge in [-0.3, -0.25) is 0 Å². The maximum absolute atomic E-state index is 10.9. The summed E-state index contributed by atoms with van der Waals surface area (Å²) in [6, 6.07) is 8.58. The number of anilines is 3. The van der Waals surface area contributed by atoms with Gasteiger partial charge in [0.15, 0.2) is 11.5 Å². The molecule has 1 aromatic heterocycles. The zero-order valence-electron chi connectivity index (χ0n) is 10.1. The third-order valence-corrected chi connectivity index (χ3v) is 3.64. The highest BCUT2D eigenvalue weighted by atomic mass is 79.9. The Morgan fingerprint density at radius 2 is 2.11 bits per heavy atom. The number of benzene rings is 1. The predicted molar refractivity (Wildman–Crippen MR) is 77.8 cm³/mol. The van der Waals surface area contributed by atoms with Crippen LogP contribution in [-0.2, 0) is 0 Å². The van der Waals surface area contributed by atoms with Gasteiger partial charge in [0, 0.05) is 4.47 Å². The summed E-state index contributed by atoms with van der Waals surface area (Å²) in [5.41, 5.74) is 7.96. The van der Waals surface area contributed by atoms with Gasteiger partial charge in [-0.1, -0.05) is 12.1 Å². The van der Waals surface area contributed by atoms with Gasteiger partial charge in [0.25, 0.3) is 0 Å². The summed E-state index contributed by atoms with van der Waals surface area (Å²) >= 11 is 3.46. The topological polar surface area (TPSA) is 88.2 Å². The minimum absolute atomic E-state index is 0.0551. The molecular formula is C13H12BrN3O2. The lowest BCUT2D eigenvalue weighted by Crippen LogP contribution is -2.06. The van der Waals surface area contributed by atoms with Gasteiger partial charge < -0.3 is 16.2 Å². The van der Waals surface area contributed by atoms with Crippen LogP contribution in [-0.4, -0.2) is 16.1 Å². The Hall–Kier alpha value is -2.08. The van der Waals surface area contributed by atoms with Crippen LogP contribution in [0.5, 0.6) is 0 Å². The van der Waals surface area contributed by atoms with Crippen LogP contribution in [0, 0.1) is 6.92 Å². The maximum Gasteiger partial charge on any atom is 0.354 e. The largest absolute Gasteiger partial charge is 0.477 e. The molecule has 6 heteroatoms. The number of nitrogens with two attached hydrogens (primary N) is 1. The lowest BCUT2D eigenvalue weighted by atomic mass is 10.2. The Labute approximate surface area is 118 Å². The molecule has 0 radical (unpaired) electrons. The first kappa shape index (κ1) is 13.4. The lowest BCUT2D eigenvalue weighted by Gasteiger charge is -2.11. The Morgan fingerprint density at radius 1 is 1.37 bits per heavy atom. The van der Waals surface area contributed by atoms with Crippen molar-refractivity contribution in [1.29, 1.82) is 0 Å². The normalized spacial score (nSPS) is 10.2. The van der Waals surface area contributed by atoms with E-state index in [1.807, 2.05) is 25.1 Å². The molecular weight excluding hydrogens is 310 g/mol. The monoisotopic (exact) mass is 321 g/mol. The molecule has 0 aliphatic rings. The second kappa shape index (κ2) is 5.27. The molecule has 1 heterocycles. The van der Waals surface area contributed by atoms with E-state index in [2.05, 4.69) is 26.2 Å². The number of nitrogen functional groups attached to an aromatic ring is 1. The third-order valence-electron chi connectivity index (χ3n) is 2.59. The molecule has 98 valence electrons. The number of aryl methyl sites for hydroxylation is 1. The van der Waals surface area contributed by atoms with Gasteiger partial charge in [0.2, 0.25) is 0 Å². The minimum Gasteiger partial charge on any atom is -0.477 e. The molecule has 0 fully saturated rings. The van der Waals surface area contributed by atoms with E-state index >= 15 is 0 Å². The lowest BCUT2D eigenvalue weighted by molar-refractivity contribution is 0.0690. The summed E-state index contributed by atoms with van der Waals surface area (Å²) in [4.78, 5) is 14.9. The van der Waals surface area contributed by atoms with Gasteiger partial charge in [-0.05, 0) is 46.6 Å². The first-order valence-corrected chi connectivity index (χ1v) is 6.30. The minimum atomic E-state index is -1.09. The molecule has 2 rings (SSSR count). The molecule has 0 aliphatic carbocycles. The molecule has 0 unspecified atom stereocenters. The van der Waals surface area contributed by atoms with Gasteiger partial charge in [-0.2, -0.15) is 0 Å². The molecule has 0 spiro atoms. The van der Waals surface area contributed by atoms with Gasteiger partial charge >= 0.3 is 5.97 Å². The molecule has 2 aromatic rings. The smallest absolute Gasteiger partial charge is 0.354 e. The van der Waals surface area contributed by atoms with E-state index in [0.29, 0.717) is 11.5 Å². The van der Waals surface area contributed by atoms with E-state index in [9.17, 15) is 4.79 Å². The molecule has 19 heavy (non-hydrogen) atoms. The van der Waals surface area contributed by atoms with Gasteiger partial charge in [0.05, 0.1) is 11.4 Å². The average molecular weight is 322 g/mol. The molecule has 4 N–H and O–H groups in total. The number of rotatable bonds is 3. The highest BCUT2D eigenvalue weighted by Gasteiger charge is 2.10. The van der Waals surface area contributed by atoms with Crippen LogP contribution >= 0.6 is 15.9 Å². The summed E-state index contributed by atoms with van der Waals surface area (Å²) in [6.07, 6.45) is 0. The van der Waals surface area contributed by atoms with E-state index in [1.165, 1.54) is 12.1 Å². The fourth-order valence-electron chi connectivity index (χ4n) is 1.56. The number of nitrogens with zero attached hydrogens (tertiary/aromatic N) is 1. The number of carbonyl (C=O) groups is 1. The molecule has 0 bridgehead atoms. The number of carboxylic acids is 1. The molecule has 0 atom stereocenters. The fourth-order valence-corrected chi connectivity index (χ4v) is 1.92. The first-order chi connectivity index (χ1) is 8.99. The van der Waals surface area contributed by atoms with Crippen molar-refractivity contribution in [2.24, 2.45) is 0 Å². The first-order valence-electron chi connectivity index (χ1n) is 5.51. The number of pyridine rings is 1. The van der Waals surface area contributed by atoms with E-state index in [4.69, 9.17) is 10.8 Å². The summed E-state index contributed by atoms with van der Waals surface area (Å²) in [6.45, 7) is 1.96. The molecule has 0 saturated carbocycles. The summed E-state index contributed by atoms with van der Waals surface area (Å²) in [5, 5.41) is 12.0. The SMILES string of the molecule is Cc1cccc(Nc2nc(C(=O)O)ccc2N)c1Br. The second-order valence-corrected chi connectivity index (χ2v) is 4.79. The summed E-state index contributed by atoms with van der Waals surface area (Å²) in [5.74, 6) is -0.766. The number of hydrogen-bond acceptors (Lipinski definition) is 4. The van der Waals surface area contributed by atoms with Crippen molar-refractivity contribution in [1.82, 2.24) is 4.98 Å². The number of aromatic carboxylic acids is 1. The van der Waals surface area contributed by atoms with Crippen LogP contribution in [0.3, 0.4) is 0 Å². The van der Waals surface area contributed by atoms with Crippen LogP contribution in [0.4, 0.5) is 17.2 Å². The van der Waals surface area contributed by atoms with Crippen molar-refractivity contribution in [2.75, 3.05) is 11.1 Å².